The molecule has 36 aliphatic heterocycles. The molecule has 35 atom stereocenters. The van der Waals surface area contributed by atoms with Gasteiger partial charge in [-0.2, -0.15) is 23.5 Å². The van der Waals surface area contributed by atoms with Crippen LogP contribution in [0.1, 0.15) is 18.1 Å². The molecule has 0 spiro atoms. The zero-order chi connectivity index (χ0) is 67.2. The van der Waals surface area contributed by atoms with Crippen molar-refractivity contribution in [3.63, 3.8) is 0 Å². The molecule has 0 radical (unpaired) electrons. The van der Waals surface area contributed by atoms with Gasteiger partial charge in [0.15, 0.2) is 44.0 Å². The van der Waals surface area contributed by atoms with Crippen molar-refractivity contribution in [2.45, 2.75) is 227 Å². The van der Waals surface area contributed by atoms with Gasteiger partial charge in [0.2, 0.25) is 0 Å². The predicted molar refractivity (Wildman–Crippen MR) is 320 cm³/mol. The Morgan fingerprint density at radius 2 is 0.526 bits per heavy atom. The van der Waals surface area contributed by atoms with Crippen LogP contribution in [-0.2, 0) is 77.8 Å². The molecule has 0 saturated carbocycles. The SMILES string of the molecule is CC1C2OC3CSCc4cc5ccc6cc(cc7ccc(c4)c5c67)CSCC4OC(OC5C(CO)OC(OC6C(CO)OC(OC3C1O)C(O)C6O)C(O)C5O)C(O)C(O)C4OC1OC(CO)C(OC3OC(CO)C(OC4OC(CO)C(O2)C(O)C4O)C(O)C3O)C(O)C1O. The molecule has 34 heteroatoms. The van der Waals surface area contributed by atoms with Gasteiger partial charge in [-0.1, -0.05) is 55.5 Å². The van der Waals surface area contributed by atoms with Crippen LogP contribution in [-0.4, -0.2) is 345 Å². The molecule has 4 aromatic carbocycles. The minimum Gasteiger partial charge on any atom is -0.394 e. The Hall–Kier alpha value is -2.66. The van der Waals surface area contributed by atoms with E-state index in [0.29, 0.717) is 11.5 Å². The van der Waals surface area contributed by atoms with E-state index in [1.54, 1.807) is 0 Å². The molecule has 4 aromatic rings. The molecule has 0 aromatic heterocycles. The first-order valence-corrected chi connectivity index (χ1v) is 33.9. The highest BCUT2D eigenvalue weighted by atomic mass is 32.2. The predicted octanol–water partition coefficient (Wildman–Crippen LogP) is -6.86. The Labute approximate surface area is 549 Å². The molecular formula is C61H82O32S2. The molecule has 530 valence electrons. The molecule has 24 bridgehead atoms. The van der Waals surface area contributed by atoms with Gasteiger partial charge in [-0.15, -0.1) is 0 Å². The fourth-order valence-electron chi connectivity index (χ4n) is 14.3. The van der Waals surface area contributed by atoms with Crippen molar-refractivity contribution >= 4 is 55.8 Å². The Bertz CT molecular complexity index is 3120. The number of ether oxygens (including phenoxy) is 14. The van der Waals surface area contributed by atoms with Crippen LogP contribution in [0.3, 0.4) is 0 Å². The molecule has 36 aliphatic rings. The molecule has 95 heavy (non-hydrogen) atoms. The third-order valence-electron chi connectivity index (χ3n) is 19.5. The number of hydrogen-bond donors (Lipinski definition) is 18. The Morgan fingerprint density at radius 1 is 0.295 bits per heavy atom. The van der Waals surface area contributed by atoms with E-state index in [2.05, 4.69) is 0 Å². The average Bonchev–Trinajstić information content (AvgIpc) is 0.758. The lowest BCUT2D eigenvalue weighted by molar-refractivity contribution is -0.394. The number of hydrogen-bond acceptors (Lipinski definition) is 34. The molecule has 36 heterocycles. The van der Waals surface area contributed by atoms with E-state index in [0.717, 1.165) is 43.4 Å². The number of aliphatic hydroxyl groups is 18. The van der Waals surface area contributed by atoms with Crippen molar-refractivity contribution in [3.8, 4) is 0 Å². The van der Waals surface area contributed by atoms with Crippen molar-refractivity contribution in [3.05, 3.63) is 59.7 Å². The third-order valence-corrected chi connectivity index (χ3v) is 21.7. The second-order valence-corrected chi connectivity index (χ2v) is 27.7. The molecule has 0 amide bonds. The van der Waals surface area contributed by atoms with Crippen LogP contribution in [0.15, 0.2) is 48.5 Å². The third kappa shape index (κ3) is 13.4. The summed E-state index contributed by atoms with van der Waals surface area (Å²) in [6, 6.07) is 16.1. The summed E-state index contributed by atoms with van der Waals surface area (Å²) >= 11 is 2.62. The molecule has 40 rings (SSSR count). The second-order valence-electron chi connectivity index (χ2n) is 25.7. The fourth-order valence-corrected chi connectivity index (χ4v) is 16.3. The summed E-state index contributed by atoms with van der Waals surface area (Å²) in [4.78, 5) is 0. The van der Waals surface area contributed by atoms with Crippen LogP contribution in [0, 0.1) is 5.92 Å². The Morgan fingerprint density at radius 3 is 0.811 bits per heavy atom. The van der Waals surface area contributed by atoms with Gasteiger partial charge < -0.3 is 158 Å². The van der Waals surface area contributed by atoms with Gasteiger partial charge in [0.05, 0.1) is 51.3 Å². The fraction of sp³-hybridized carbons (Fsp3) is 0.738. The number of thioether (sulfide) groups is 2. The largest absolute Gasteiger partial charge is 0.394 e. The van der Waals surface area contributed by atoms with E-state index in [-0.39, 0.29) is 11.5 Å². The lowest BCUT2D eigenvalue weighted by Crippen LogP contribution is -2.68. The van der Waals surface area contributed by atoms with Gasteiger partial charge in [0.25, 0.3) is 0 Å². The van der Waals surface area contributed by atoms with E-state index in [1.165, 1.54) is 30.4 Å². The summed E-state index contributed by atoms with van der Waals surface area (Å²) in [5.74, 6) is -0.621. The van der Waals surface area contributed by atoms with E-state index >= 15 is 0 Å². The van der Waals surface area contributed by atoms with Crippen LogP contribution in [0.4, 0.5) is 0 Å². The molecule has 0 aliphatic carbocycles. The van der Waals surface area contributed by atoms with Gasteiger partial charge in [-0.3, -0.25) is 0 Å². The second kappa shape index (κ2) is 29.4. The van der Waals surface area contributed by atoms with Gasteiger partial charge in [-0.25, -0.2) is 0 Å². The van der Waals surface area contributed by atoms with Crippen LogP contribution in [0.25, 0.3) is 32.3 Å². The Kier molecular flexibility index (Phi) is 21.9. The topological polar surface area (TPSA) is 493 Å². The van der Waals surface area contributed by atoms with E-state index in [9.17, 15) is 91.9 Å². The summed E-state index contributed by atoms with van der Waals surface area (Å²) in [7, 11) is 0. The van der Waals surface area contributed by atoms with Crippen molar-refractivity contribution in [1.82, 2.24) is 0 Å². The monoisotopic (exact) mass is 1390 g/mol. The molecule has 15 fully saturated rings. The summed E-state index contributed by atoms with van der Waals surface area (Å²) in [6.07, 6.45) is -63.2. The average molecular weight is 1390 g/mol. The van der Waals surface area contributed by atoms with Crippen molar-refractivity contribution in [1.29, 1.82) is 0 Å². The van der Waals surface area contributed by atoms with E-state index < -0.39 is 248 Å². The van der Waals surface area contributed by atoms with E-state index in [1.807, 2.05) is 48.5 Å². The highest BCUT2D eigenvalue weighted by molar-refractivity contribution is 7.98. The van der Waals surface area contributed by atoms with Crippen LogP contribution in [0.5, 0.6) is 0 Å². The Balaban J connectivity index is 0.898. The number of aliphatic hydroxyl groups excluding tert-OH is 18. The van der Waals surface area contributed by atoms with Crippen LogP contribution < -0.4 is 0 Å². The van der Waals surface area contributed by atoms with Gasteiger partial charge in [-0.05, 0) is 43.4 Å². The molecule has 15 saturated heterocycles. The van der Waals surface area contributed by atoms with Crippen molar-refractivity contribution < 1.29 is 158 Å². The van der Waals surface area contributed by atoms with Crippen LogP contribution in [0.2, 0.25) is 0 Å². The summed E-state index contributed by atoms with van der Waals surface area (Å²) in [5.41, 5.74) is 1.72. The highest BCUT2D eigenvalue weighted by Crippen LogP contribution is 2.43. The van der Waals surface area contributed by atoms with Crippen molar-refractivity contribution in [2.24, 2.45) is 5.92 Å². The lowest BCUT2D eigenvalue weighted by Gasteiger charge is -2.50. The van der Waals surface area contributed by atoms with Gasteiger partial charge >= 0.3 is 0 Å². The lowest BCUT2D eigenvalue weighted by atomic mass is 9.91. The van der Waals surface area contributed by atoms with Crippen molar-refractivity contribution in [2.75, 3.05) is 44.5 Å². The zero-order valence-electron chi connectivity index (χ0n) is 50.8. The summed E-state index contributed by atoms with van der Waals surface area (Å²) in [6.45, 7) is -3.38. The van der Waals surface area contributed by atoms with Crippen LogP contribution >= 0.6 is 23.5 Å². The molecule has 35 unspecified atom stereocenters. The standard InChI is InChI=1S/C61H82O32S2/c1-19-35(67)53-31-17-94-15-20-6-22-2-4-24-8-21(9-25-5-3-23(7-20)33(22)34(24)25)16-95-18-32-54(41(73)47(79)61(86-32)91-52-30(14-66)82-58(44(76)38(52)70)89-50-28(12-64)83-59(92-53)45(77)39(50)71)93-60-46(78)40(72)51(29(13-65)84-60)90-57-43(75)37(69)49(27(11-63)81-57)88-56-42(74)36(68)48(26(10-62)80-56)87-55(19)85-31/h2-9,19,26-32,35-79H,10-18H2,1H3. The first-order valence-electron chi connectivity index (χ1n) is 31.5. The smallest absolute Gasteiger partial charge is 0.187 e. The van der Waals surface area contributed by atoms with E-state index in [4.69, 9.17) is 66.3 Å². The normalized spacial score (nSPS) is 48.3. The first kappa shape index (κ1) is 70.8. The minimum absolute atomic E-state index is 0.00172. The number of benzene rings is 4. The quantitative estimate of drug-likeness (QED) is 0.0826. The molecular weight excluding hydrogens is 1310 g/mol. The molecule has 18 N–H and O–H groups in total. The maximum absolute atomic E-state index is 12.4. The zero-order valence-corrected chi connectivity index (χ0v) is 52.4. The summed E-state index contributed by atoms with van der Waals surface area (Å²) in [5, 5.41) is 213. The number of rotatable bonds is 5. The maximum Gasteiger partial charge on any atom is 0.187 e. The molecule has 32 nitrogen and oxygen atoms in total. The maximum atomic E-state index is 12.4. The minimum atomic E-state index is -2.16. The summed E-state index contributed by atoms with van der Waals surface area (Å²) < 4.78 is 85.7. The first-order chi connectivity index (χ1) is 45.6. The van der Waals surface area contributed by atoms with Gasteiger partial charge in [0.1, 0.15) is 146 Å². The highest BCUT2D eigenvalue weighted by Gasteiger charge is 2.59. The van der Waals surface area contributed by atoms with Gasteiger partial charge in [0, 0.05) is 28.9 Å².